The maximum absolute atomic E-state index is 11.7. The maximum atomic E-state index is 11.7. The lowest BCUT2D eigenvalue weighted by Crippen LogP contribution is -2.34. The highest BCUT2D eigenvalue weighted by Gasteiger charge is 2.04. The molecule has 0 spiro atoms. The third-order valence-electron chi connectivity index (χ3n) is 4.23. The lowest BCUT2D eigenvalue weighted by Gasteiger charge is -2.05. The van der Waals surface area contributed by atoms with Gasteiger partial charge in [0, 0.05) is 6.42 Å². The van der Waals surface area contributed by atoms with Crippen molar-refractivity contribution >= 4 is 18.0 Å². The van der Waals surface area contributed by atoms with Crippen molar-refractivity contribution < 1.29 is 14.7 Å². The summed E-state index contributed by atoms with van der Waals surface area (Å²) in [6.45, 7) is 2.13. The van der Waals surface area contributed by atoms with Crippen molar-refractivity contribution in [2.45, 2.75) is 71.1 Å². The van der Waals surface area contributed by atoms with Gasteiger partial charge in [-0.3, -0.25) is 9.59 Å². The van der Waals surface area contributed by atoms with Crippen molar-refractivity contribution in [1.82, 2.24) is 10.7 Å². The minimum Gasteiger partial charge on any atom is -0.508 e. The molecule has 27 heavy (non-hydrogen) atoms. The average Bonchev–Trinajstić information content (AvgIpc) is 2.65. The van der Waals surface area contributed by atoms with Crippen LogP contribution in [0.2, 0.25) is 0 Å². The van der Waals surface area contributed by atoms with E-state index in [2.05, 4.69) is 22.8 Å². The number of benzene rings is 1. The first-order valence-corrected chi connectivity index (χ1v) is 9.99. The van der Waals surface area contributed by atoms with Crippen LogP contribution in [-0.4, -0.2) is 29.7 Å². The van der Waals surface area contributed by atoms with Crippen LogP contribution in [0, 0.1) is 0 Å². The predicted molar refractivity (Wildman–Crippen MR) is 109 cm³/mol. The van der Waals surface area contributed by atoms with Gasteiger partial charge in [-0.1, -0.05) is 70.4 Å². The summed E-state index contributed by atoms with van der Waals surface area (Å²) in [5.74, 6) is -0.356. The van der Waals surface area contributed by atoms with Crippen molar-refractivity contribution in [3.8, 4) is 5.75 Å². The molecule has 3 N–H and O–H groups in total. The van der Waals surface area contributed by atoms with Gasteiger partial charge in [0.25, 0.3) is 5.91 Å². The molecule has 0 saturated carbocycles. The summed E-state index contributed by atoms with van der Waals surface area (Å²) in [4.78, 5) is 23.4. The first kappa shape index (κ1) is 22.7. The van der Waals surface area contributed by atoms with E-state index in [-0.39, 0.29) is 24.1 Å². The zero-order chi connectivity index (χ0) is 19.7. The number of nitrogens with one attached hydrogen (secondary N) is 2. The number of nitrogens with zero attached hydrogens (tertiary/aromatic N) is 1. The summed E-state index contributed by atoms with van der Waals surface area (Å²) in [6.07, 6.45) is 12.8. The van der Waals surface area contributed by atoms with E-state index in [1.165, 1.54) is 57.2 Å². The highest BCUT2D eigenvalue weighted by molar-refractivity contribution is 5.86. The number of rotatable bonds is 14. The second kappa shape index (κ2) is 14.8. The van der Waals surface area contributed by atoms with Crippen LogP contribution in [0.4, 0.5) is 0 Å². The lowest BCUT2D eigenvalue weighted by atomic mass is 10.1. The molecule has 150 valence electrons. The smallest absolute Gasteiger partial charge is 0.259 e. The number of hydrogen-bond acceptors (Lipinski definition) is 4. The summed E-state index contributed by atoms with van der Waals surface area (Å²) in [5, 5.41) is 15.7. The Balaban J connectivity index is 2.01. The molecule has 0 aromatic heterocycles. The summed E-state index contributed by atoms with van der Waals surface area (Å²) >= 11 is 0. The number of phenols is 1. The Kier molecular flexibility index (Phi) is 12.4. The summed E-state index contributed by atoms with van der Waals surface area (Å²) < 4.78 is 0. The summed E-state index contributed by atoms with van der Waals surface area (Å²) in [6, 6.07) is 6.52. The van der Waals surface area contributed by atoms with E-state index in [0.717, 1.165) is 12.8 Å². The fourth-order valence-corrected chi connectivity index (χ4v) is 2.69. The van der Waals surface area contributed by atoms with E-state index in [1.807, 2.05) is 0 Å². The van der Waals surface area contributed by atoms with Crippen LogP contribution in [0.15, 0.2) is 29.4 Å². The van der Waals surface area contributed by atoms with Gasteiger partial charge in [-0.05, 0) is 24.1 Å². The third kappa shape index (κ3) is 12.6. The number of unbranched alkanes of at least 4 members (excludes halogenated alkanes) is 8. The van der Waals surface area contributed by atoms with Crippen molar-refractivity contribution in [3.63, 3.8) is 0 Å². The summed E-state index contributed by atoms with van der Waals surface area (Å²) in [5.41, 5.74) is 3.02. The average molecular weight is 376 g/mol. The van der Waals surface area contributed by atoms with Crippen molar-refractivity contribution in [2.24, 2.45) is 5.10 Å². The fraction of sp³-hybridized carbons (Fsp3) is 0.571. The Hall–Kier alpha value is -2.37. The fourth-order valence-electron chi connectivity index (χ4n) is 2.69. The number of carbonyl (C=O) groups is 2. The van der Waals surface area contributed by atoms with Gasteiger partial charge in [0.05, 0.1) is 12.8 Å². The number of amides is 2. The topological polar surface area (TPSA) is 90.8 Å². The number of aromatic hydroxyl groups is 1. The van der Waals surface area contributed by atoms with Crippen LogP contribution in [0.1, 0.15) is 76.7 Å². The highest BCUT2D eigenvalue weighted by atomic mass is 16.3. The van der Waals surface area contributed by atoms with Crippen LogP contribution >= 0.6 is 0 Å². The monoisotopic (exact) mass is 375 g/mol. The molecule has 0 aliphatic carbocycles. The van der Waals surface area contributed by atoms with E-state index in [1.54, 1.807) is 18.2 Å². The molecule has 0 bridgehead atoms. The van der Waals surface area contributed by atoms with Crippen molar-refractivity contribution in [3.05, 3.63) is 29.8 Å². The van der Waals surface area contributed by atoms with Gasteiger partial charge in [-0.25, -0.2) is 5.43 Å². The molecule has 0 unspecified atom stereocenters. The van der Waals surface area contributed by atoms with Gasteiger partial charge in [0.15, 0.2) is 0 Å². The standard InChI is InChI=1S/C21H33N3O3/c1-2-3-4-5-6-7-8-9-10-14-20(26)22-17-21(27)24-23-16-18-12-11-13-19(25)15-18/h11-13,15-16,25H,2-10,14,17H2,1H3,(H,22,26)(H,24,27)/b23-16+. The molecular weight excluding hydrogens is 342 g/mol. The Morgan fingerprint density at radius 1 is 1.00 bits per heavy atom. The largest absolute Gasteiger partial charge is 0.508 e. The molecule has 1 aromatic rings. The van der Waals surface area contributed by atoms with Gasteiger partial charge in [-0.15, -0.1) is 0 Å². The molecule has 0 atom stereocenters. The Labute approximate surface area is 162 Å². The maximum Gasteiger partial charge on any atom is 0.259 e. The number of phenolic OH excluding ortho intramolecular Hbond substituents is 1. The van der Waals surface area contributed by atoms with E-state index in [4.69, 9.17) is 0 Å². The molecule has 0 aliphatic rings. The van der Waals surface area contributed by atoms with Crippen molar-refractivity contribution in [2.75, 3.05) is 6.54 Å². The van der Waals surface area contributed by atoms with Gasteiger partial charge in [0.2, 0.25) is 5.91 Å². The molecule has 0 aliphatic heterocycles. The molecule has 1 aromatic carbocycles. The van der Waals surface area contributed by atoms with E-state index in [0.29, 0.717) is 12.0 Å². The zero-order valence-electron chi connectivity index (χ0n) is 16.4. The van der Waals surface area contributed by atoms with Gasteiger partial charge in [0.1, 0.15) is 5.75 Å². The number of carbonyl (C=O) groups excluding carboxylic acids is 2. The van der Waals surface area contributed by atoms with Gasteiger partial charge in [-0.2, -0.15) is 5.10 Å². The Morgan fingerprint density at radius 3 is 2.33 bits per heavy atom. The molecule has 0 fully saturated rings. The SMILES string of the molecule is CCCCCCCCCCCC(=O)NCC(=O)N/N=C/c1cccc(O)c1. The van der Waals surface area contributed by atoms with Gasteiger partial charge < -0.3 is 10.4 Å². The molecule has 0 heterocycles. The van der Waals surface area contributed by atoms with Crippen LogP contribution in [-0.2, 0) is 9.59 Å². The second-order valence-corrected chi connectivity index (χ2v) is 6.74. The lowest BCUT2D eigenvalue weighted by molar-refractivity contribution is -0.126. The minimum atomic E-state index is -0.383. The minimum absolute atomic E-state index is 0.0896. The third-order valence-corrected chi connectivity index (χ3v) is 4.23. The van der Waals surface area contributed by atoms with Crippen LogP contribution in [0.3, 0.4) is 0 Å². The van der Waals surface area contributed by atoms with E-state index in [9.17, 15) is 14.7 Å². The number of hydrazone groups is 1. The molecule has 2 amide bonds. The molecule has 0 radical (unpaired) electrons. The van der Waals surface area contributed by atoms with Crippen LogP contribution < -0.4 is 10.7 Å². The van der Waals surface area contributed by atoms with Crippen LogP contribution in [0.5, 0.6) is 5.75 Å². The predicted octanol–water partition coefficient (Wildman–Crippen LogP) is 3.88. The molecular formula is C21H33N3O3. The van der Waals surface area contributed by atoms with Crippen LogP contribution in [0.25, 0.3) is 0 Å². The first-order valence-electron chi connectivity index (χ1n) is 9.99. The number of hydrogen-bond donors (Lipinski definition) is 3. The highest BCUT2D eigenvalue weighted by Crippen LogP contribution is 2.10. The Bertz CT molecular complexity index is 588. The molecule has 6 nitrogen and oxygen atoms in total. The molecule has 0 saturated heterocycles. The molecule has 1 rings (SSSR count). The summed E-state index contributed by atoms with van der Waals surface area (Å²) in [7, 11) is 0. The van der Waals surface area contributed by atoms with Crippen molar-refractivity contribution in [1.29, 1.82) is 0 Å². The van der Waals surface area contributed by atoms with Gasteiger partial charge >= 0.3 is 0 Å². The quantitative estimate of drug-likeness (QED) is 0.262. The van der Waals surface area contributed by atoms with E-state index < -0.39 is 0 Å². The molecule has 6 heteroatoms. The Morgan fingerprint density at radius 2 is 1.67 bits per heavy atom. The van der Waals surface area contributed by atoms with E-state index >= 15 is 0 Å². The normalized spacial score (nSPS) is 10.9. The first-order chi connectivity index (χ1) is 13.1. The zero-order valence-corrected chi connectivity index (χ0v) is 16.4. The second-order valence-electron chi connectivity index (χ2n) is 6.74.